The van der Waals surface area contributed by atoms with E-state index in [1.807, 2.05) is 46.8 Å². The lowest BCUT2D eigenvalue weighted by Crippen LogP contribution is -2.29. The van der Waals surface area contributed by atoms with Gasteiger partial charge in [-0.25, -0.2) is 13.1 Å². The van der Waals surface area contributed by atoms with Crippen LogP contribution in [0.4, 0.5) is 0 Å². The predicted molar refractivity (Wildman–Crippen MR) is 76.9 cm³/mol. The van der Waals surface area contributed by atoms with Crippen molar-refractivity contribution in [2.24, 2.45) is 0 Å². The van der Waals surface area contributed by atoms with Crippen molar-refractivity contribution < 1.29 is 13.2 Å². The minimum Gasteiger partial charge on any atom is -0.377 e. The predicted octanol–water partition coefficient (Wildman–Crippen LogP) is 2.32. The SMILES string of the molecule is Cc1cc(C)c(S(=O)(=O)NCCOC(C)C)c(C)c1. The summed E-state index contributed by atoms with van der Waals surface area (Å²) < 4.78 is 32.4. The molecule has 0 aliphatic rings. The number of hydrogen-bond donors (Lipinski definition) is 1. The molecule has 0 saturated heterocycles. The van der Waals surface area contributed by atoms with E-state index < -0.39 is 10.0 Å². The zero-order chi connectivity index (χ0) is 14.6. The number of ether oxygens (including phenoxy) is 1. The van der Waals surface area contributed by atoms with Crippen molar-refractivity contribution in [1.29, 1.82) is 0 Å². The van der Waals surface area contributed by atoms with Crippen molar-refractivity contribution in [3.8, 4) is 0 Å². The number of nitrogens with one attached hydrogen (secondary N) is 1. The monoisotopic (exact) mass is 285 g/mol. The van der Waals surface area contributed by atoms with Crippen molar-refractivity contribution in [3.63, 3.8) is 0 Å². The average molecular weight is 285 g/mol. The summed E-state index contributed by atoms with van der Waals surface area (Å²) in [5, 5.41) is 0. The van der Waals surface area contributed by atoms with Gasteiger partial charge in [0, 0.05) is 6.54 Å². The van der Waals surface area contributed by atoms with Crippen molar-refractivity contribution in [2.75, 3.05) is 13.2 Å². The zero-order valence-corrected chi connectivity index (χ0v) is 13.1. The molecule has 1 aromatic carbocycles. The van der Waals surface area contributed by atoms with Gasteiger partial charge >= 0.3 is 0 Å². The fraction of sp³-hybridized carbons (Fsp3) is 0.571. The van der Waals surface area contributed by atoms with Crippen molar-refractivity contribution in [3.05, 3.63) is 28.8 Å². The van der Waals surface area contributed by atoms with Crippen LogP contribution in [-0.4, -0.2) is 27.7 Å². The Morgan fingerprint density at radius 3 is 2.16 bits per heavy atom. The molecule has 1 N–H and O–H groups in total. The molecule has 0 radical (unpaired) electrons. The second-order valence-corrected chi connectivity index (χ2v) is 6.75. The summed E-state index contributed by atoms with van der Waals surface area (Å²) in [4.78, 5) is 0.377. The summed E-state index contributed by atoms with van der Waals surface area (Å²) in [5.74, 6) is 0. The third kappa shape index (κ3) is 4.60. The van der Waals surface area contributed by atoms with Crippen LogP contribution >= 0.6 is 0 Å². The topological polar surface area (TPSA) is 55.4 Å². The Hall–Kier alpha value is -0.910. The smallest absolute Gasteiger partial charge is 0.241 e. The molecule has 0 fully saturated rings. The van der Waals surface area contributed by atoms with Crippen molar-refractivity contribution >= 4 is 10.0 Å². The molecule has 0 saturated carbocycles. The molecule has 4 nitrogen and oxygen atoms in total. The lowest BCUT2D eigenvalue weighted by molar-refractivity contribution is 0.0834. The van der Waals surface area contributed by atoms with Gasteiger partial charge in [-0.2, -0.15) is 0 Å². The Kier molecular flexibility index (Phi) is 5.52. The molecule has 0 aliphatic heterocycles. The van der Waals surface area contributed by atoms with Gasteiger partial charge in [-0.3, -0.25) is 0 Å². The van der Waals surface area contributed by atoms with Crippen LogP contribution in [0, 0.1) is 20.8 Å². The van der Waals surface area contributed by atoms with Gasteiger partial charge in [0.05, 0.1) is 17.6 Å². The van der Waals surface area contributed by atoms with Gasteiger partial charge in [0.25, 0.3) is 0 Å². The largest absolute Gasteiger partial charge is 0.377 e. The highest BCUT2D eigenvalue weighted by Gasteiger charge is 2.19. The first-order chi connectivity index (χ1) is 8.74. The van der Waals surface area contributed by atoms with Gasteiger partial charge in [-0.05, 0) is 45.7 Å². The van der Waals surface area contributed by atoms with Crippen LogP contribution in [0.3, 0.4) is 0 Å². The number of benzene rings is 1. The average Bonchev–Trinajstić information content (AvgIpc) is 2.22. The van der Waals surface area contributed by atoms with Crippen LogP contribution in [0.5, 0.6) is 0 Å². The molecule has 19 heavy (non-hydrogen) atoms. The Bertz CT molecular complexity index is 513. The maximum absolute atomic E-state index is 12.3. The van der Waals surface area contributed by atoms with Crippen LogP contribution in [0.15, 0.2) is 17.0 Å². The minimum atomic E-state index is -3.47. The molecule has 0 aromatic heterocycles. The molecule has 0 unspecified atom stereocenters. The second-order valence-electron chi connectivity index (χ2n) is 5.05. The number of aryl methyl sites for hydroxylation is 3. The molecule has 0 amide bonds. The highest BCUT2D eigenvalue weighted by atomic mass is 32.2. The van der Waals surface area contributed by atoms with E-state index in [-0.39, 0.29) is 12.6 Å². The molecule has 0 heterocycles. The van der Waals surface area contributed by atoms with Crippen molar-refractivity contribution in [2.45, 2.75) is 45.6 Å². The summed E-state index contributed by atoms with van der Waals surface area (Å²) in [5.41, 5.74) is 2.61. The Balaban J connectivity index is 2.84. The van der Waals surface area contributed by atoms with Gasteiger partial charge in [0.15, 0.2) is 0 Å². The molecule has 0 spiro atoms. The van der Waals surface area contributed by atoms with E-state index >= 15 is 0 Å². The van der Waals surface area contributed by atoms with Crippen LogP contribution in [0.25, 0.3) is 0 Å². The highest BCUT2D eigenvalue weighted by molar-refractivity contribution is 7.89. The van der Waals surface area contributed by atoms with E-state index in [9.17, 15) is 8.42 Å². The van der Waals surface area contributed by atoms with Crippen LogP contribution in [0.1, 0.15) is 30.5 Å². The highest BCUT2D eigenvalue weighted by Crippen LogP contribution is 2.21. The van der Waals surface area contributed by atoms with E-state index in [0.717, 1.165) is 16.7 Å². The molecule has 0 atom stereocenters. The quantitative estimate of drug-likeness (QED) is 0.816. The van der Waals surface area contributed by atoms with Crippen LogP contribution in [-0.2, 0) is 14.8 Å². The van der Waals surface area contributed by atoms with E-state index in [2.05, 4.69) is 4.72 Å². The lowest BCUT2D eigenvalue weighted by atomic mass is 10.1. The minimum absolute atomic E-state index is 0.104. The Morgan fingerprint density at radius 2 is 1.68 bits per heavy atom. The fourth-order valence-corrected chi connectivity index (χ4v) is 3.60. The van der Waals surface area contributed by atoms with Gasteiger partial charge in [0.1, 0.15) is 0 Å². The standard InChI is InChI=1S/C14H23NO3S/c1-10(2)18-7-6-15-19(16,17)14-12(4)8-11(3)9-13(14)5/h8-10,15H,6-7H2,1-5H3. The molecule has 0 aliphatic carbocycles. The molecule has 0 bridgehead atoms. The molecular weight excluding hydrogens is 262 g/mol. The van der Waals surface area contributed by atoms with Crippen LogP contribution in [0.2, 0.25) is 0 Å². The normalized spacial score (nSPS) is 12.1. The third-order valence-electron chi connectivity index (χ3n) is 2.72. The summed E-state index contributed by atoms with van der Waals surface area (Å²) in [6.45, 7) is 10.1. The number of rotatable bonds is 6. The van der Waals surface area contributed by atoms with E-state index in [1.165, 1.54) is 0 Å². The summed E-state index contributed by atoms with van der Waals surface area (Å²) in [7, 11) is -3.47. The lowest BCUT2D eigenvalue weighted by Gasteiger charge is -2.13. The first-order valence-electron chi connectivity index (χ1n) is 6.43. The Labute approximate surface area is 116 Å². The van der Waals surface area contributed by atoms with E-state index in [1.54, 1.807) is 0 Å². The summed E-state index contributed by atoms with van der Waals surface area (Å²) in [6.07, 6.45) is 0.104. The molecule has 5 heteroatoms. The van der Waals surface area contributed by atoms with Gasteiger partial charge in [-0.15, -0.1) is 0 Å². The first kappa shape index (κ1) is 16.1. The third-order valence-corrected chi connectivity index (χ3v) is 4.48. The Morgan fingerprint density at radius 1 is 1.16 bits per heavy atom. The summed E-state index contributed by atoms with van der Waals surface area (Å²) >= 11 is 0. The van der Waals surface area contributed by atoms with E-state index in [0.29, 0.717) is 11.5 Å². The van der Waals surface area contributed by atoms with E-state index in [4.69, 9.17) is 4.74 Å². The molecule has 1 rings (SSSR count). The molecular formula is C14H23NO3S. The van der Waals surface area contributed by atoms with Gasteiger partial charge in [-0.1, -0.05) is 17.7 Å². The maximum atomic E-state index is 12.3. The number of sulfonamides is 1. The molecule has 108 valence electrons. The summed E-state index contributed by atoms with van der Waals surface area (Å²) in [6, 6.07) is 3.76. The van der Waals surface area contributed by atoms with Gasteiger partial charge in [0.2, 0.25) is 10.0 Å². The van der Waals surface area contributed by atoms with Gasteiger partial charge < -0.3 is 4.74 Å². The first-order valence-corrected chi connectivity index (χ1v) is 7.91. The second kappa shape index (κ2) is 6.50. The van der Waals surface area contributed by atoms with Crippen molar-refractivity contribution in [1.82, 2.24) is 4.72 Å². The number of hydrogen-bond acceptors (Lipinski definition) is 3. The zero-order valence-electron chi connectivity index (χ0n) is 12.3. The molecule has 1 aromatic rings. The fourth-order valence-electron chi connectivity index (χ4n) is 2.13. The van der Waals surface area contributed by atoms with Crippen LogP contribution < -0.4 is 4.72 Å². The maximum Gasteiger partial charge on any atom is 0.241 e.